The number of anilines is 1. The summed E-state index contributed by atoms with van der Waals surface area (Å²) in [5, 5.41) is 9.27. The van der Waals surface area contributed by atoms with Crippen LogP contribution in [-0.2, 0) is 4.79 Å². The molecule has 0 unspecified atom stereocenters. The smallest absolute Gasteiger partial charge is 0.343 e. The Labute approximate surface area is 90.6 Å². The second-order valence-corrected chi connectivity index (χ2v) is 3.73. The fourth-order valence-electron chi connectivity index (χ4n) is 0.868. The Hall–Kier alpha value is -1.69. The van der Waals surface area contributed by atoms with Gasteiger partial charge in [0.05, 0.1) is 5.69 Å². The van der Waals surface area contributed by atoms with Crippen LogP contribution in [0.1, 0.15) is 13.8 Å². The van der Waals surface area contributed by atoms with E-state index < -0.39 is 29.0 Å². The van der Waals surface area contributed by atoms with Gasteiger partial charge in [-0.25, -0.2) is 9.18 Å². The van der Waals surface area contributed by atoms with Crippen molar-refractivity contribution < 1.29 is 23.4 Å². The second kappa shape index (κ2) is 4.05. The number of nitrogen functional groups attached to an aromatic ring is 1. The maximum absolute atomic E-state index is 13.2. The summed E-state index contributed by atoms with van der Waals surface area (Å²) in [4.78, 5) is 11.2. The van der Waals surface area contributed by atoms with Gasteiger partial charge < -0.3 is 15.6 Å². The van der Waals surface area contributed by atoms with Crippen LogP contribution in [-0.4, -0.2) is 16.7 Å². The number of esters is 1. The quantitative estimate of drug-likeness (QED) is 0.456. The first-order valence-corrected chi connectivity index (χ1v) is 4.41. The molecule has 0 fully saturated rings. The Kier molecular flexibility index (Phi) is 3.14. The van der Waals surface area contributed by atoms with Gasteiger partial charge in [-0.05, 0) is 26.0 Å². The summed E-state index contributed by atoms with van der Waals surface area (Å²) in [6, 6.07) is 1.87. The molecule has 6 heteroatoms. The molecule has 0 atom stereocenters. The zero-order valence-electron chi connectivity index (χ0n) is 8.75. The molecule has 0 aliphatic heterocycles. The summed E-state index contributed by atoms with van der Waals surface area (Å²) in [5.41, 5.74) is 3.28. The highest BCUT2D eigenvalue weighted by atomic mass is 19.2. The van der Waals surface area contributed by atoms with Gasteiger partial charge in [0, 0.05) is 0 Å². The van der Waals surface area contributed by atoms with E-state index in [9.17, 15) is 18.7 Å². The normalized spacial score (nSPS) is 11.3. The van der Waals surface area contributed by atoms with Crippen molar-refractivity contribution in [2.45, 2.75) is 19.4 Å². The predicted octanol–water partition coefficient (Wildman–Crippen LogP) is 1.22. The van der Waals surface area contributed by atoms with E-state index in [4.69, 9.17) is 5.73 Å². The molecule has 0 spiro atoms. The number of carbonyl (C=O) groups excluding carboxylic acids is 1. The van der Waals surface area contributed by atoms with Gasteiger partial charge in [0.15, 0.2) is 17.2 Å². The fourth-order valence-corrected chi connectivity index (χ4v) is 0.868. The van der Waals surface area contributed by atoms with Gasteiger partial charge in [0.2, 0.25) is 5.82 Å². The lowest BCUT2D eigenvalue weighted by atomic mass is 10.1. The molecule has 0 aromatic heterocycles. The first-order valence-electron chi connectivity index (χ1n) is 4.41. The Balaban J connectivity index is 3.07. The average molecular weight is 231 g/mol. The van der Waals surface area contributed by atoms with Crippen LogP contribution in [0.3, 0.4) is 0 Å². The summed E-state index contributed by atoms with van der Waals surface area (Å²) in [6.45, 7) is 2.31. The molecule has 1 aromatic carbocycles. The number of nitrogens with two attached hydrogens (primary N) is 1. The van der Waals surface area contributed by atoms with Crippen LogP contribution in [0, 0.1) is 11.6 Å². The first-order chi connectivity index (χ1) is 7.23. The van der Waals surface area contributed by atoms with Gasteiger partial charge in [0.1, 0.15) is 0 Å². The summed E-state index contributed by atoms with van der Waals surface area (Å²) in [5.74, 6) is -4.39. The highest BCUT2D eigenvalue weighted by Gasteiger charge is 2.28. The second-order valence-electron chi connectivity index (χ2n) is 3.73. The molecule has 16 heavy (non-hydrogen) atoms. The highest BCUT2D eigenvalue weighted by molar-refractivity contribution is 5.81. The predicted molar refractivity (Wildman–Crippen MR) is 52.7 cm³/mol. The van der Waals surface area contributed by atoms with Gasteiger partial charge >= 0.3 is 5.97 Å². The van der Waals surface area contributed by atoms with Crippen molar-refractivity contribution in [3.63, 3.8) is 0 Å². The summed E-state index contributed by atoms with van der Waals surface area (Å²) in [6.07, 6.45) is 0. The molecule has 88 valence electrons. The Morgan fingerprint density at radius 2 is 2.00 bits per heavy atom. The van der Waals surface area contributed by atoms with Crippen molar-refractivity contribution in [3.8, 4) is 5.75 Å². The number of hydrogen-bond acceptors (Lipinski definition) is 4. The number of ether oxygens (including phenoxy) is 1. The molecule has 4 nitrogen and oxygen atoms in total. The topological polar surface area (TPSA) is 72.5 Å². The van der Waals surface area contributed by atoms with Gasteiger partial charge in [-0.2, -0.15) is 4.39 Å². The van der Waals surface area contributed by atoms with Crippen LogP contribution in [0.5, 0.6) is 5.75 Å². The Morgan fingerprint density at radius 1 is 1.44 bits per heavy atom. The minimum atomic E-state index is -1.81. The molecular weight excluding hydrogens is 220 g/mol. The van der Waals surface area contributed by atoms with Gasteiger partial charge in [-0.15, -0.1) is 0 Å². The molecule has 1 rings (SSSR count). The lowest BCUT2D eigenvalue weighted by molar-refractivity contribution is -0.151. The molecular formula is C10H11F2NO3. The molecule has 0 amide bonds. The van der Waals surface area contributed by atoms with E-state index in [0.717, 1.165) is 26.0 Å². The highest BCUT2D eigenvalue weighted by Crippen LogP contribution is 2.28. The van der Waals surface area contributed by atoms with Crippen molar-refractivity contribution >= 4 is 11.7 Å². The van der Waals surface area contributed by atoms with E-state index in [1.807, 2.05) is 0 Å². The third-order valence-electron chi connectivity index (χ3n) is 1.77. The molecule has 0 saturated carbocycles. The van der Waals surface area contributed by atoms with Crippen LogP contribution in [0.25, 0.3) is 0 Å². The van der Waals surface area contributed by atoms with Crippen molar-refractivity contribution in [2.24, 2.45) is 0 Å². The van der Waals surface area contributed by atoms with Gasteiger partial charge in [-0.1, -0.05) is 0 Å². The lowest BCUT2D eigenvalue weighted by Gasteiger charge is -2.16. The lowest BCUT2D eigenvalue weighted by Crippen LogP contribution is -2.35. The van der Waals surface area contributed by atoms with Crippen LogP contribution in [0.2, 0.25) is 0 Å². The summed E-state index contributed by atoms with van der Waals surface area (Å²) in [7, 11) is 0. The van der Waals surface area contributed by atoms with Crippen LogP contribution >= 0.6 is 0 Å². The molecule has 3 N–H and O–H groups in total. The maximum Gasteiger partial charge on any atom is 0.343 e. The number of rotatable bonds is 2. The van der Waals surface area contributed by atoms with E-state index in [1.54, 1.807) is 0 Å². The van der Waals surface area contributed by atoms with Crippen LogP contribution < -0.4 is 10.5 Å². The number of halogens is 2. The molecule has 0 aliphatic carbocycles. The molecule has 0 bridgehead atoms. The minimum absolute atomic E-state index is 0.225. The van der Waals surface area contributed by atoms with Crippen LogP contribution in [0.4, 0.5) is 14.5 Å². The molecule has 0 radical (unpaired) electrons. The fraction of sp³-hybridized carbons (Fsp3) is 0.300. The Bertz CT molecular complexity index is 427. The monoisotopic (exact) mass is 231 g/mol. The van der Waals surface area contributed by atoms with Gasteiger partial charge in [-0.3, -0.25) is 0 Å². The Morgan fingerprint density at radius 3 is 2.50 bits per heavy atom. The summed E-state index contributed by atoms with van der Waals surface area (Å²) >= 11 is 0. The number of carbonyl (C=O) groups is 1. The molecule has 0 aliphatic rings. The van der Waals surface area contributed by atoms with E-state index in [-0.39, 0.29) is 5.69 Å². The largest absolute Gasteiger partial charge is 0.419 e. The zero-order chi connectivity index (χ0) is 12.5. The molecule has 0 saturated heterocycles. The van der Waals surface area contributed by atoms with Crippen molar-refractivity contribution in [1.82, 2.24) is 0 Å². The van der Waals surface area contributed by atoms with Crippen molar-refractivity contribution in [3.05, 3.63) is 23.8 Å². The molecule has 1 aromatic rings. The third kappa shape index (κ3) is 2.46. The van der Waals surface area contributed by atoms with E-state index in [2.05, 4.69) is 4.74 Å². The first kappa shape index (κ1) is 12.4. The SMILES string of the molecule is CC(C)(O)C(=O)Oc1c(N)ccc(F)c1F. The van der Waals surface area contributed by atoms with E-state index in [1.165, 1.54) is 0 Å². The number of aliphatic hydroxyl groups is 1. The van der Waals surface area contributed by atoms with Crippen molar-refractivity contribution in [1.29, 1.82) is 0 Å². The van der Waals surface area contributed by atoms with Gasteiger partial charge in [0.25, 0.3) is 0 Å². The zero-order valence-corrected chi connectivity index (χ0v) is 8.75. The number of hydrogen-bond donors (Lipinski definition) is 2. The summed E-state index contributed by atoms with van der Waals surface area (Å²) < 4.78 is 30.5. The number of benzene rings is 1. The molecule has 0 heterocycles. The van der Waals surface area contributed by atoms with Crippen molar-refractivity contribution in [2.75, 3.05) is 5.73 Å². The minimum Gasteiger partial charge on any atom is -0.419 e. The maximum atomic E-state index is 13.2. The van der Waals surface area contributed by atoms with Crippen LogP contribution in [0.15, 0.2) is 12.1 Å². The van der Waals surface area contributed by atoms with E-state index >= 15 is 0 Å². The third-order valence-corrected chi connectivity index (χ3v) is 1.77. The van der Waals surface area contributed by atoms with E-state index in [0.29, 0.717) is 0 Å². The average Bonchev–Trinajstić information content (AvgIpc) is 2.17. The standard InChI is InChI=1S/C10H11F2NO3/c1-10(2,15)9(14)16-8-6(13)4-3-5(11)7(8)12/h3-4,15H,13H2,1-2H3.